The van der Waals surface area contributed by atoms with Crippen molar-refractivity contribution in [3.63, 3.8) is 0 Å². The lowest BCUT2D eigenvalue weighted by Gasteiger charge is -2.31. The quantitative estimate of drug-likeness (QED) is 0.378. The summed E-state index contributed by atoms with van der Waals surface area (Å²) in [6.07, 6.45) is 5.46. The molecule has 9 heteroatoms. The summed E-state index contributed by atoms with van der Waals surface area (Å²) in [5, 5.41) is 7.46. The highest BCUT2D eigenvalue weighted by molar-refractivity contribution is 5.93. The molecule has 1 aromatic carbocycles. The first-order chi connectivity index (χ1) is 17.1. The van der Waals surface area contributed by atoms with Gasteiger partial charge in [-0.15, -0.1) is 0 Å². The first-order valence-corrected chi connectivity index (χ1v) is 11.9. The van der Waals surface area contributed by atoms with E-state index >= 15 is 0 Å². The number of rotatable bonds is 7. The first-order valence-electron chi connectivity index (χ1n) is 11.9. The first kappa shape index (κ1) is 23.0. The summed E-state index contributed by atoms with van der Waals surface area (Å²) in [5.74, 6) is 0.825. The zero-order valence-electron chi connectivity index (χ0n) is 19.5. The van der Waals surface area contributed by atoms with E-state index in [1.165, 1.54) is 19.2 Å². The summed E-state index contributed by atoms with van der Waals surface area (Å²) in [6.45, 7) is 6.44. The summed E-state index contributed by atoms with van der Waals surface area (Å²) in [7, 11) is 0. The van der Waals surface area contributed by atoms with E-state index in [2.05, 4.69) is 42.4 Å². The minimum Gasteiger partial charge on any atom is -0.370 e. The van der Waals surface area contributed by atoms with E-state index in [0.717, 1.165) is 55.6 Å². The maximum Gasteiger partial charge on any atom is 0.161 e. The molecule has 180 valence electrons. The van der Waals surface area contributed by atoms with Crippen molar-refractivity contribution in [2.24, 2.45) is 5.92 Å². The van der Waals surface area contributed by atoms with E-state index < -0.39 is 11.6 Å². The highest BCUT2D eigenvalue weighted by Gasteiger charge is 2.18. The van der Waals surface area contributed by atoms with Gasteiger partial charge >= 0.3 is 0 Å². The molecule has 0 bridgehead atoms. The van der Waals surface area contributed by atoms with Gasteiger partial charge in [0, 0.05) is 29.8 Å². The third-order valence-corrected chi connectivity index (χ3v) is 6.44. The van der Waals surface area contributed by atoms with Crippen LogP contribution in [0, 0.1) is 17.6 Å². The van der Waals surface area contributed by atoms with Gasteiger partial charge in [0.25, 0.3) is 0 Å². The minimum atomic E-state index is -0.557. The normalized spacial score (nSPS) is 14.8. The monoisotopic (exact) mass is 475 g/mol. The molecule has 0 amide bonds. The second-order valence-electron chi connectivity index (χ2n) is 8.73. The Bertz CT molecular complexity index is 1320. The van der Waals surface area contributed by atoms with Crippen LogP contribution in [-0.4, -0.2) is 51.0 Å². The Labute approximate surface area is 202 Å². The molecule has 3 aromatic heterocycles. The molecule has 7 nitrogen and oxygen atoms in total. The summed E-state index contributed by atoms with van der Waals surface area (Å²) >= 11 is 0. The molecule has 4 heterocycles. The number of nitrogens with zero attached hydrogens (tertiary/aromatic N) is 5. The van der Waals surface area contributed by atoms with Gasteiger partial charge in [0.05, 0.1) is 11.4 Å². The van der Waals surface area contributed by atoms with Gasteiger partial charge in [-0.3, -0.25) is 0 Å². The van der Waals surface area contributed by atoms with Crippen LogP contribution in [0.2, 0.25) is 0 Å². The number of hydrogen-bond acceptors (Lipinski definition) is 7. The summed E-state index contributed by atoms with van der Waals surface area (Å²) in [4.78, 5) is 19.9. The number of anilines is 3. The second-order valence-corrected chi connectivity index (χ2v) is 8.73. The van der Waals surface area contributed by atoms with E-state index in [0.29, 0.717) is 23.1 Å². The molecule has 1 fully saturated rings. The van der Waals surface area contributed by atoms with Crippen LogP contribution in [0.1, 0.15) is 19.8 Å². The molecule has 0 saturated carbocycles. The Hall–Kier alpha value is -3.72. The molecule has 1 aliphatic heterocycles. The van der Waals surface area contributed by atoms with Crippen LogP contribution in [0.25, 0.3) is 22.3 Å². The van der Waals surface area contributed by atoms with E-state index in [-0.39, 0.29) is 11.3 Å². The summed E-state index contributed by atoms with van der Waals surface area (Å²) in [6, 6.07) is 10.5. The number of aromatic nitrogens is 4. The SMILES string of the molecule is CCN1CCC(CNc2cc(Nc3cc(-c4cc(F)ccc4F)nc4ncccc34)ncn2)CC1. The lowest BCUT2D eigenvalue weighted by atomic mass is 9.97. The Morgan fingerprint density at radius 3 is 2.66 bits per heavy atom. The topological polar surface area (TPSA) is 78.9 Å². The number of halogens is 2. The van der Waals surface area contributed by atoms with Gasteiger partial charge in [-0.2, -0.15) is 0 Å². The fourth-order valence-corrected chi connectivity index (χ4v) is 4.41. The predicted octanol–water partition coefficient (Wildman–Crippen LogP) is 5.25. The molecule has 5 rings (SSSR count). The smallest absolute Gasteiger partial charge is 0.161 e. The number of likely N-dealkylation sites (tertiary alicyclic amines) is 1. The fraction of sp³-hybridized carbons (Fsp3) is 0.308. The van der Waals surface area contributed by atoms with Crippen LogP contribution in [-0.2, 0) is 0 Å². The molecule has 35 heavy (non-hydrogen) atoms. The van der Waals surface area contributed by atoms with Crippen molar-refractivity contribution in [3.8, 4) is 11.3 Å². The van der Waals surface area contributed by atoms with Crippen LogP contribution in [0.3, 0.4) is 0 Å². The number of nitrogens with one attached hydrogen (secondary N) is 2. The minimum absolute atomic E-state index is 0.0692. The average Bonchev–Trinajstić information content (AvgIpc) is 2.89. The Morgan fingerprint density at radius 2 is 1.83 bits per heavy atom. The number of hydrogen-bond donors (Lipinski definition) is 2. The van der Waals surface area contributed by atoms with Crippen molar-refractivity contribution in [2.75, 3.05) is 36.8 Å². The second kappa shape index (κ2) is 10.3. The average molecular weight is 476 g/mol. The summed E-state index contributed by atoms with van der Waals surface area (Å²) < 4.78 is 28.3. The Kier molecular flexibility index (Phi) is 6.76. The van der Waals surface area contributed by atoms with Crippen LogP contribution >= 0.6 is 0 Å². The largest absolute Gasteiger partial charge is 0.370 e. The molecular formula is C26H27F2N7. The van der Waals surface area contributed by atoms with Gasteiger partial charge in [-0.1, -0.05) is 6.92 Å². The van der Waals surface area contributed by atoms with Gasteiger partial charge in [-0.05, 0) is 74.8 Å². The van der Waals surface area contributed by atoms with Crippen LogP contribution in [0.5, 0.6) is 0 Å². The van der Waals surface area contributed by atoms with Crippen LogP contribution < -0.4 is 10.6 Å². The predicted molar refractivity (Wildman–Crippen MR) is 134 cm³/mol. The van der Waals surface area contributed by atoms with Gasteiger partial charge in [-0.25, -0.2) is 28.7 Å². The standard InChI is InChI=1S/C26H27F2N7/c1-2-35-10-7-17(8-11-35)15-30-24-14-25(32-16-31-24)33-22-13-23(20-12-18(27)5-6-21(20)28)34-26-19(22)4-3-9-29-26/h3-6,9,12-14,16-17H,2,7-8,10-11,15H2,1H3,(H2,29,30,31,32,33,34). The number of benzene rings is 1. The number of pyridine rings is 2. The molecule has 2 N–H and O–H groups in total. The molecule has 0 spiro atoms. The van der Waals surface area contributed by atoms with Crippen molar-refractivity contribution >= 4 is 28.4 Å². The number of fused-ring (bicyclic) bond motifs is 1. The van der Waals surface area contributed by atoms with Gasteiger partial charge in [0.2, 0.25) is 0 Å². The van der Waals surface area contributed by atoms with E-state index in [9.17, 15) is 8.78 Å². The maximum absolute atomic E-state index is 14.5. The maximum atomic E-state index is 14.5. The van der Waals surface area contributed by atoms with Gasteiger partial charge < -0.3 is 15.5 Å². The van der Waals surface area contributed by atoms with Gasteiger partial charge in [0.15, 0.2) is 5.65 Å². The zero-order valence-corrected chi connectivity index (χ0v) is 19.5. The third-order valence-electron chi connectivity index (χ3n) is 6.44. The van der Waals surface area contributed by atoms with E-state index in [1.54, 1.807) is 18.3 Å². The molecule has 0 radical (unpaired) electrons. The van der Waals surface area contributed by atoms with Crippen LogP contribution in [0.4, 0.5) is 26.1 Å². The van der Waals surface area contributed by atoms with E-state index in [1.807, 2.05) is 12.1 Å². The van der Waals surface area contributed by atoms with Crippen molar-refractivity contribution in [1.82, 2.24) is 24.8 Å². The lowest BCUT2D eigenvalue weighted by molar-refractivity contribution is 0.198. The molecule has 4 aromatic rings. The molecule has 0 unspecified atom stereocenters. The number of piperidine rings is 1. The van der Waals surface area contributed by atoms with Crippen molar-refractivity contribution in [3.05, 3.63) is 66.6 Å². The van der Waals surface area contributed by atoms with Crippen molar-refractivity contribution in [2.45, 2.75) is 19.8 Å². The molecular weight excluding hydrogens is 448 g/mol. The van der Waals surface area contributed by atoms with E-state index in [4.69, 9.17) is 0 Å². The van der Waals surface area contributed by atoms with Crippen LogP contribution in [0.15, 0.2) is 55.0 Å². The molecule has 0 aliphatic carbocycles. The molecule has 1 saturated heterocycles. The lowest BCUT2D eigenvalue weighted by Crippen LogP contribution is -2.35. The fourth-order valence-electron chi connectivity index (χ4n) is 4.41. The Balaban J connectivity index is 1.38. The van der Waals surface area contributed by atoms with Crippen molar-refractivity contribution < 1.29 is 8.78 Å². The highest BCUT2D eigenvalue weighted by Crippen LogP contribution is 2.31. The molecule has 1 aliphatic rings. The van der Waals surface area contributed by atoms with Crippen molar-refractivity contribution in [1.29, 1.82) is 0 Å². The highest BCUT2D eigenvalue weighted by atomic mass is 19.1. The third kappa shape index (κ3) is 5.35. The molecule has 0 atom stereocenters. The summed E-state index contributed by atoms with van der Waals surface area (Å²) in [5.41, 5.74) is 1.40. The van der Waals surface area contributed by atoms with Gasteiger partial charge in [0.1, 0.15) is 29.6 Å². The Morgan fingerprint density at radius 1 is 1.00 bits per heavy atom. The zero-order chi connectivity index (χ0) is 24.2.